The van der Waals surface area contributed by atoms with Crippen LogP contribution in [0, 0.1) is 0 Å². The lowest BCUT2D eigenvalue weighted by atomic mass is 9.91. The summed E-state index contributed by atoms with van der Waals surface area (Å²) in [5.74, 6) is 0. The van der Waals surface area contributed by atoms with E-state index in [1.165, 1.54) is 36.3 Å². The van der Waals surface area contributed by atoms with Crippen LogP contribution in [-0.4, -0.2) is 22.6 Å². The third-order valence-electron chi connectivity index (χ3n) is 3.94. The normalized spacial score (nSPS) is 24.3. The fraction of sp³-hybridized carbons (Fsp3) is 0.500. The van der Waals surface area contributed by atoms with Crippen LogP contribution in [0.3, 0.4) is 0 Å². The Kier molecular flexibility index (Phi) is 3.48. The topological polar surface area (TPSA) is 29.9 Å². The van der Waals surface area contributed by atoms with Crippen LogP contribution >= 0.6 is 11.3 Å². The smallest absolute Gasteiger partial charge is 0.0953 e. The molecule has 2 aromatic rings. The third-order valence-corrected chi connectivity index (χ3v) is 4.83. The maximum Gasteiger partial charge on any atom is 0.0953 e. The quantitative estimate of drug-likeness (QED) is 0.918. The van der Waals surface area contributed by atoms with Gasteiger partial charge >= 0.3 is 0 Å². The van der Waals surface area contributed by atoms with Gasteiger partial charge in [-0.2, -0.15) is 0 Å². The third kappa shape index (κ3) is 2.22. The van der Waals surface area contributed by atoms with Gasteiger partial charge in [-0.1, -0.05) is 6.07 Å². The minimum atomic E-state index is 0.620. The van der Waals surface area contributed by atoms with E-state index in [1.807, 2.05) is 12.5 Å². The second-order valence-electron chi connectivity index (χ2n) is 4.96. The van der Waals surface area contributed by atoms with Crippen LogP contribution in [-0.2, 0) is 0 Å². The molecule has 0 aliphatic heterocycles. The van der Waals surface area contributed by atoms with Crippen molar-refractivity contribution in [2.24, 2.45) is 0 Å². The molecule has 3 rings (SSSR count). The molecule has 4 heteroatoms. The van der Waals surface area contributed by atoms with Gasteiger partial charge in [-0.05, 0) is 44.2 Å². The minimum Gasteiger partial charge on any atom is -0.327 e. The molecule has 1 aliphatic rings. The lowest BCUT2D eigenvalue weighted by molar-refractivity contribution is 0.302. The van der Waals surface area contributed by atoms with Crippen molar-refractivity contribution in [2.45, 2.75) is 37.8 Å². The van der Waals surface area contributed by atoms with Crippen LogP contribution in [0.25, 0.3) is 10.6 Å². The molecule has 2 heterocycles. The summed E-state index contributed by atoms with van der Waals surface area (Å²) in [7, 11) is 2.07. The monoisotopic (exact) mass is 261 g/mol. The van der Waals surface area contributed by atoms with E-state index in [9.17, 15) is 0 Å². The first kappa shape index (κ1) is 11.9. The van der Waals surface area contributed by atoms with Crippen molar-refractivity contribution in [3.8, 4) is 10.6 Å². The SMILES string of the molecule is CNC1CCC(n2cncc2-c2cccs2)CC1. The van der Waals surface area contributed by atoms with Crippen molar-refractivity contribution < 1.29 is 0 Å². The molecule has 0 radical (unpaired) electrons. The molecule has 1 aliphatic carbocycles. The number of thiophene rings is 1. The van der Waals surface area contributed by atoms with E-state index in [0.717, 1.165) is 0 Å². The van der Waals surface area contributed by atoms with Crippen molar-refractivity contribution >= 4 is 11.3 Å². The number of imidazole rings is 1. The summed E-state index contributed by atoms with van der Waals surface area (Å²) < 4.78 is 2.37. The number of hydrogen-bond acceptors (Lipinski definition) is 3. The van der Waals surface area contributed by atoms with E-state index in [0.29, 0.717) is 12.1 Å². The van der Waals surface area contributed by atoms with E-state index in [2.05, 4.69) is 39.4 Å². The molecule has 2 aromatic heterocycles. The first-order chi connectivity index (χ1) is 8.88. The summed E-state index contributed by atoms with van der Waals surface area (Å²) in [6.45, 7) is 0. The lowest BCUT2D eigenvalue weighted by Gasteiger charge is -2.30. The number of nitrogens with zero attached hydrogens (tertiary/aromatic N) is 2. The van der Waals surface area contributed by atoms with Gasteiger partial charge in [0.25, 0.3) is 0 Å². The van der Waals surface area contributed by atoms with E-state index in [1.54, 1.807) is 11.3 Å². The fourth-order valence-electron chi connectivity index (χ4n) is 2.85. The van der Waals surface area contributed by atoms with Crippen LogP contribution in [0.4, 0.5) is 0 Å². The summed E-state index contributed by atoms with van der Waals surface area (Å²) in [6.07, 6.45) is 9.03. The summed E-state index contributed by atoms with van der Waals surface area (Å²) in [6, 6.07) is 5.61. The van der Waals surface area contributed by atoms with Gasteiger partial charge in [0.2, 0.25) is 0 Å². The molecule has 18 heavy (non-hydrogen) atoms. The largest absolute Gasteiger partial charge is 0.327 e. The van der Waals surface area contributed by atoms with Gasteiger partial charge in [0.05, 0.1) is 23.1 Å². The Morgan fingerprint density at radius 3 is 2.83 bits per heavy atom. The van der Waals surface area contributed by atoms with Crippen LogP contribution < -0.4 is 5.32 Å². The molecule has 1 fully saturated rings. The highest BCUT2D eigenvalue weighted by molar-refractivity contribution is 7.13. The van der Waals surface area contributed by atoms with E-state index in [4.69, 9.17) is 0 Å². The molecular weight excluding hydrogens is 242 g/mol. The molecule has 0 bridgehead atoms. The Balaban J connectivity index is 1.80. The molecular formula is C14H19N3S. The first-order valence-electron chi connectivity index (χ1n) is 6.61. The summed E-state index contributed by atoms with van der Waals surface area (Å²) in [4.78, 5) is 5.67. The standard InChI is InChI=1S/C14H19N3S/c1-15-11-4-6-12(7-5-11)17-10-16-9-13(17)14-3-2-8-18-14/h2-3,8-12,15H,4-7H2,1H3. The number of rotatable bonds is 3. The fourth-order valence-corrected chi connectivity index (χ4v) is 3.59. The zero-order valence-electron chi connectivity index (χ0n) is 10.7. The van der Waals surface area contributed by atoms with Crippen molar-refractivity contribution in [3.63, 3.8) is 0 Å². The van der Waals surface area contributed by atoms with Gasteiger partial charge in [0, 0.05) is 12.1 Å². The van der Waals surface area contributed by atoms with Crippen LogP contribution in [0.5, 0.6) is 0 Å². The maximum absolute atomic E-state index is 4.35. The van der Waals surface area contributed by atoms with Gasteiger partial charge in [0.1, 0.15) is 0 Å². The molecule has 0 atom stereocenters. The van der Waals surface area contributed by atoms with Crippen molar-refractivity contribution in [1.82, 2.24) is 14.9 Å². The molecule has 0 unspecified atom stereocenters. The Morgan fingerprint density at radius 2 is 2.17 bits per heavy atom. The molecule has 0 aromatic carbocycles. The molecule has 0 amide bonds. The van der Waals surface area contributed by atoms with E-state index in [-0.39, 0.29) is 0 Å². The Morgan fingerprint density at radius 1 is 1.33 bits per heavy atom. The zero-order chi connectivity index (χ0) is 12.4. The Labute approximate surface area is 112 Å². The predicted octanol–water partition coefficient (Wildman–Crippen LogP) is 3.31. The molecule has 1 N–H and O–H groups in total. The molecule has 0 saturated heterocycles. The highest BCUT2D eigenvalue weighted by atomic mass is 32.1. The van der Waals surface area contributed by atoms with E-state index < -0.39 is 0 Å². The minimum absolute atomic E-state index is 0.620. The number of hydrogen-bond donors (Lipinski definition) is 1. The summed E-state index contributed by atoms with van der Waals surface area (Å²) in [5, 5.41) is 5.52. The van der Waals surface area contributed by atoms with Crippen LogP contribution in [0.15, 0.2) is 30.0 Å². The average molecular weight is 261 g/mol. The first-order valence-corrected chi connectivity index (χ1v) is 7.49. The predicted molar refractivity (Wildman–Crippen MR) is 75.9 cm³/mol. The lowest BCUT2D eigenvalue weighted by Crippen LogP contribution is -2.31. The van der Waals surface area contributed by atoms with Crippen molar-refractivity contribution in [3.05, 3.63) is 30.0 Å². The second kappa shape index (κ2) is 5.24. The van der Waals surface area contributed by atoms with Gasteiger partial charge in [-0.3, -0.25) is 0 Å². The number of nitrogens with one attached hydrogen (secondary N) is 1. The highest BCUT2D eigenvalue weighted by Gasteiger charge is 2.23. The van der Waals surface area contributed by atoms with Gasteiger partial charge in [-0.15, -0.1) is 11.3 Å². The Hall–Kier alpha value is -1.13. The summed E-state index contributed by atoms with van der Waals surface area (Å²) in [5.41, 5.74) is 1.28. The summed E-state index contributed by atoms with van der Waals surface area (Å²) >= 11 is 1.79. The van der Waals surface area contributed by atoms with Crippen molar-refractivity contribution in [2.75, 3.05) is 7.05 Å². The number of aromatic nitrogens is 2. The molecule has 3 nitrogen and oxygen atoms in total. The highest BCUT2D eigenvalue weighted by Crippen LogP contribution is 2.33. The van der Waals surface area contributed by atoms with Crippen molar-refractivity contribution in [1.29, 1.82) is 0 Å². The zero-order valence-corrected chi connectivity index (χ0v) is 11.5. The average Bonchev–Trinajstić information content (AvgIpc) is 3.09. The van der Waals surface area contributed by atoms with E-state index >= 15 is 0 Å². The molecule has 96 valence electrons. The second-order valence-corrected chi connectivity index (χ2v) is 5.91. The molecule has 0 spiro atoms. The van der Waals surface area contributed by atoms with Gasteiger partial charge in [0.15, 0.2) is 0 Å². The maximum atomic E-state index is 4.35. The van der Waals surface area contributed by atoms with Gasteiger partial charge in [-0.25, -0.2) is 4.98 Å². The Bertz CT molecular complexity index is 481. The van der Waals surface area contributed by atoms with Gasteiger partial charge < -0.3 is 9.88 Å². The van der Waals surface area contributed by atoms with Crippen LogP contribution in [0.1, 0.15) is 31.7 Å². The van der Waals surface area contributed by atoms with Crippen LogP contribution in [0.2, 0.25) is 0 Å². The molecule has 1 saturated carbocycles.